The molecule has 1 aromatic carbocycles. The molecule has 0 aromatic heterocycles. The largest absolute Gasteiger partial charge is 0.598 e. The standard InChI is InChI=1S/C17H25F2NO2S/c1-12(20-23(21)16(2,3)4)13-7-5-8-14(11-13)17(18,19)15-9-6-10-22-15/h5,7-8,11-12,15,20H,6,9-10H2,1-4H3. The number of nitrogens with one attached hydrogen (secondary N) is 1. The van der Waals surface area contributed by atoms with Crippen molar-refractivity contribution < 1.29 is 18.1 Å². The minimum absolute atomic E-state index is 0.0444. The van der Waals surface area contributed by atoms with Crippen LogP contribution in [0.3, 0.4) is 0 Å². The number of hydrogen-bond acceptors (Lipinski definition) is 3. The van der Waals surface area contributed by atoms with Crippen molar-refractivity contribution in [3.05, 3.63) is 35.4 Å². The molecule has 0 aliphatic carbocycles. The first-order valence-corrected chi connectivity index (χ1v) is 9.05. The molecule has 2 rings (SSSR count). The van der Waals surface area contributed by atoms with E-state index in [0.29, 0.717) is 25.0 Å². The lowest BCUT2D eigenvalue weighted by atomic mass is 9.97. The second-order valence-corrected chi connectivity index (χ2v) is 8.97. The summed E-state index contributed by atoms with van der Waals surface area (Å²) in [7, 11) is 0. The van der Waals surface area contributed by atoms with E-state index in [0.717, 1.165) is 0 Å². The molecule has 1 aliphatic heterocycles. The van der Waals surface area contributed by atoms with E-state index < -0.39 is 28.1 Å². The Hall–Kier alpha value is -0.690. The number of ether oxygens (including phenoxy) is 1. The fraction of sp³-hybridized carbons (Fsp3) is 0.647. The smallest absolute Gasteiger partial charge is 0.298 e. The number of rotatable bonds is 5. The molecule has 130 valence electrons. The molecule has 3 unspecified atom stereocenters. The van der Waals surface area contributed by atoms with Gasteiger partial charge in [-0.25, -0.2) is 0 Å². The number of benzene rings is 1. The molecule has 1 N–H and O–H groups in total. The summed E-state index contributed by atoms with van der Waals surface area (Å²) in [5.41, 5.74) is 0.648. The predicted molar refractivity (Wildman–Crippen MR) is 88.8 cm³/mol. The van der Waals surface area contributed by atoms with Gasteiger partial charge in [0.15, 0.2) is 0 Å². The van der Waals surface area contributed by atoms with Crippen molar-refractivity contribution in [2.24, 2.45) is 0 Å². The lowest BCUT2D eigenvalue weighted by Gasteiger charge is -2.27. The highest BCUT2D eigenvalue weighted by atomic mass is 32.2. The average Bonchev–Trinajstić information content (AvgIpc) is 3.01. The van der Waals surface area contributed by atoms with Crippen LogP contribution in [0.5, 0.6) is 0 Å². The summed E-state index contributed by atoms with van der Waals surface area (Å²) in [5.74, 6) is -3.00. The molecular weight excluding hydrogens is 320 g/mol. The van der Waals surface area contributed by atoms with Crippen LogP contribution < -0.4 is 4.72 Å². The van der Waals surface area contributed by atoms with Gasteiger partial charge in [0, 0.05) is 23.5 Å². The SMILES string of the molecule is CC(N[S+]([O-])C(C)(C)C)c1cccc(C(F)(F)C2CCCO2)c1. The third-order valence-electron chi connectivity index (χ3n) is 3.95. The second kappa shape index (κ2) is 7.05. The van der Waals surface area contributed by atoms with E-state index in [4.69, 9.17) is 4.74 Å². The molecule has 6 heteroatoms. The summed E-state index contributed by atoms with van der Waals surface area (Å²) in [4.78, 5) is 0. The molecule has 0 radical (unpaired) electrons. The molecule has 1 aromatic rings. The van der Waals surface area contributed by atoms with E-state index in [2.05, 4.69) is 4.72 Å². The van der Waals surface area contributed by atoms with Crippen LogP contribution in [0.25, 0.3) is 0 Å². The van der Waals surface area contributed by atoms with Gasteiger partial charge < -0.3 is 9.29 Å². The van der Waals surface area contributed by atoms with E-state index in [9.17, 15) is 13.3 Å². The van der Waals surface area contributed by atoms with Crippen molar-refractivity contribution in [2.75, 3.05) is 6.61 Å². The van der Waals surface area contributed by atoms with Crippen LogP contribution in [0.2, 0.25) is 0 Å². The van der Waals surface area contributed by atoms with Crippen LogP contribution in [-0.4, -0.2) is 22.0 Å². The van der Waals surface area contributed by atoms with Crippen molar-refractivity contribution in [2.45, 2.75) is 63.4 Å². The maximum absolute atomic E-state index is 14.6. The third-order valence-corrected chi connectivity index (χ3v) is 5.63. The lowest BCUT2D eigenvalue weighted by molar-refractivity contribution is -0.122. The molecule has 3 atom stereocenters. The molecule has 3 nitrogen and oxygen atoms in total. The van der Waals surface area contributed by atoms with Crippen LogP contribution in [0.1, 0.15) is 57.7 Å². The summed E-state index contributed by atoms with van der Waals surface area (Å²) in [6.45, 7) is 7.82. The first kappa shape index (κ1) is 18.6. The van der Waals surface area contributed by atoms with Crippen molar-refractivity contribution in [3.63, 3.8) is 0 Å². The molecule has 1 heterocycles. The van der Waals surface area contributed by atoms with Crippen molar-refractivity contribution >= 4 is 11.4 Å². The van der Waals surface area contributed by atoms with Gasteiger partial charge in [-0.2, -0.15) is 8.78 Å². The normalized spacial score (nSPS) is 22.1. The Morgan fingerprint density at radius 3 is 2.61 bits per heavy atom. The minimum Gasteiger partial charge on any atom is -0.598 e. The monoisotopic (exact) mass is 345 g/mol. The quantitative estimate of drug-likeness (QED) is 0.818. The molecule has 0 amide bonds. The summed E-state index contributed by atoms with van der Waals surface area (Å²) in [5, 5.41) is 0. The Balaban J connectivity index is 2.16. The Kier molecular flexibility index (Phi) is 5.72. The Morgan fingerprint density at radius 2 is 2.04 bits per heavy atom. The van der Waals surface area contributed by atoms with Crippen molar-refractivity contribution in [3.8, 4) is 0 Å². The molecule has 1 fully saturated rings. The zero-order valence-electron chi connectivity index (χ0n) is 14.1. The van der Waals surface area contributed by atoms with Crippen molar-refractivity contribution in [1.29, 1.82) is 0 Å². The van der Waals surface area contributed by atoms with Crippen LogP contribution in [-0.2, 0) is 22.0 Å². The van der Waals surface area contributed by atoms with E-state index in [1.807, 2.05) is 27.7 Å². The van der Waals surface area contributed by atoms with E-state index >= 15 is 0 Å². The van der Waals surface area contributed by atoms with Gasteiger partial charge in [-0.05, 0) is 52.2 Å². The lowest BCUT2D eigenvalue weighted by Crippen LogP contribution is -2.40. The number of alkyl halides is 2. The van der Waals surface area contributed by atoms with E-state index in [-0.39, 0.29) is 11.6 Å². The maximum Gasteiger partial charge on any atom is 0.298 e. The second-order valence-electron chi connectivity index (χ2n) is 6.97. The Labute approximate surface area is 140 Å². The Morgan fingerprint density at radius 1 is 1.35 bits per heavy atom. The fourth-order valence-corrected chi connectivity index (χ4v) is 3.28. The molecule has 1 aliphatic rings. The van der Waals surface area contributed by atoms with Gasteiger partial charge in [-0.15, -0.1) is 4.72 Å². The summed E-state index contributed by atoms with van der Waals surface area (Å²) < 4.78 is 49.0. The van der Waals surface area contributed by atoms with Crippen molar-refractivity contribution in [1.82, 2.24) is 4.72 Å². The molecule has 1 saturated heterocycles. The highest BCUT2D eigenvalue weighted by Gasteiger charge is 2.44. The van der Waals surface area contributed by atoms with Gasteiger partial charge in [0.1, 0.15) is 10.9 Å². The van der Waals surface area contributed by atoms with Crippen LogP contribution in [0, 0.1) is 0 Å². The number of hydrogen-bond donors (Lipinski definition) is 1. The van der Waals surface area contributed by atoms with Gasteiger partial charge in [-0.1, -0.05) is 18.2 Å². The van der Waals surface area contributed by atoms with E-state index in [1.165, 1.54) is 12.1 Å². The maximum atomic E-state index is 14.6. The van der Waals surface area contributed by atoms with Crippen LogP contribution >= 0.6 is 0 Å². The van der Waals surface area contributed by atoms with Crippen LogP contribution in [0.15, 0.2) is 24.3 Å². The minimum atomic E-state index is -3.00. The molecule has 0 bridgehead atoms. The summed E-state index contributed by atoms with van der Waals surface area (Å²) in [6, 6.07) is 6.02. The topological polar surface area (TPSA) is 44.3 Å². The highest BCUT2D eigenvalue weighted by molar-refractivity contribution is 7.90. The zero-order valence-corrected chi connectivity index (χ0v) is 14.9. The molecule has 0 saturated carbocycles. The zero-order chi connectivity index (χ0) is 17.3. The first-order valence-electron chi connectivity index (χ1n) is 7.90. The van der Waals surface area contributed by atoms with Gasteiger partial charge >= 0.3 is 0 Å². The van der Waals surface area contributed by atoms with E-state index in [1.54, 1.807) is 12.1 Å². The summed E-state index contributed by atoms with van der Waals surface area (Å²) >= 11 is -1.26. The predicted octanol–water partition coefficient (Wildman–Crippen LogP) is 4.07. The molecule has 0 spiro atoms. The van der Waals surface area contributed by atoms with Gasteiger partial charge in [-0.3, -0.25) is 0 Å². The Bertz CT molecular complexity index is 528. The van der Waals surface area contributed by atoms with Gasteiger partial charge in [0.2, 0.25) is 0 Å². The summed E-state index contributed by atoms with van der Waals surface area (Å²) in [6.07, 6.45) is -0.00799. The first-order chi connectivity index (χ1) is 10.6. The number of halogens is 2. The highest BCUT2D eigenvalue weighted by Crippen LogP contribution is 2.38. The average molecular weight is 345 g/mol. The fourth-order valence-electron chi connectivity index (χ4n) is 2.47. The molecule has 23 heavy (non-hydrogen) atoms. The molecular formula is C17H25F2NO2S. The van der Waals surface area contributed by atoms with Gasteiger partial charge in [0.25, 0.3) is 5.92 Å². The van der Waals surface area contributed by atoms with Crippen LogP contribution in [0.4, 0.5) is 8.78 Å². The third kappa shape index (κ3) is 4.44. The van der Waals surface area contributed by atoms with Gasteiger partial charge in [0.05, 0.1) is 6.04 Å².